The van der Waals surface area contributed by atoms with Crippen LogP contribution in [0.2, 0.25) is 0 Å². The molecule has 0 radical (unpaired) electrons. The molecule has 1 heterocycles. The zero-order chi connectivity index (χ0) is 16.2. The van der Waals surface area contributed by atoms with E-state index >= 15 is 0 Å². The van der Waals surface area contributed by atoms with E-state index in [1.165, 1.54) is 6.42 Å². The number of rotatable bonds is 3. The zero-order valence-corrected chi connectivity index (χ0v) is 13.7. The van der Waals surface area contributed by atoms with Crippen LogP contribution < -0.4 is 4.74 Å². The molecular formula is C18H24N2O3. The third-order valence-corrected chi connectivity index (χ3v) is 4.87. The van der Waals surface area contributed by atoms with Gasteiger partial charge >= 0.3 is 0 Å². The van der Waals surface area contributed by atoms with E-state index in [-0.39, 0.29) is 17.7 Å². The van der Waals surface area contributed by atoms with E-state index in [4.69, 9.17) is 4.74 Å². The van der Waals surface area contributed by atoms with Crippen LogP contribution >= 0.6 is 0 Å². The molecule has 0 N–H and O–H groups in total. The summed E-state index contributed by atoms with van der Waals surface area (Å²) in [5.41, 5.74) is 0.642. The van der Waals surface area contributed by atoms with Crippen molar-refractivity contribution >= 4 is 11.8 Å². The summed E-state index contributed by atoms with van der Waals surface area (Å²) in [7, 11) is 1.60. The van der Waals surface area contributed by atoms with Crippen LogP contribution in [0.3, 0.4) is 0 Å². The van der Waals surface area contributed by atoms with E-state index in [9.17, 15) is 9.59 Å². The lowest BCUT2D eigenvalue weighted by Crippen LogP contribution is -2.41. The van der Waals surface area contributed by atoms with Gasteiger partial charge in [-0.1, -0.05) is 12.5 Å². The summed E-state index contributed by atoms with van der Waals surface area (Å²) in [6, 6.07) is 7.24. The first-order chi connectivity index (χ1) is 11.2. The van der Waals surface area contributed by atoms with Crippen molar-refractivity contribution in [2.75, 3.05) is 33.3 Å². The van der Waals surface area contributed by atoms with Crippen molar-refractivity contribution in [3.05, 3.63) is 29.8 Å². The number of ether oxygens (including phenoxy) is 1. The molecule has 1 saturated heterocycles. The summed E-state index contributed by atoms with van der Waals surface area (Å²) in [6.45, 7) is 2.71. The Morgan fingerprint density at radius 2 is 1.78 bits per heavy atom. The zero-order valence-electron chi connectivity index (χ0n) is 13.7. The van der Waals surface area contributed by atoms with Crippen molar-refractivity contribution in [2.45, 2.75) is 25.7 Å². The molecule has 1 aliphatic carbocycles. The number of methoxy groups -OCH3 is 1. The highest BCUT2D eigenvalue weighted by molar-refractivity contribution is 5.94. The van der Waals surface area contributed by atoms with Crippen LogP contribution in [-0.2, 0) is 4.79 Å². The van der Waals surface area contributed by atoms with Gasteiger partial charge in [-0.25, -0.2) is 0 Å². The summed E-state index contributed by atoms with van der Waals surface area (Å²) in [4.78, 5) is 28.8. The van der Waals surface area contributed by atoms with Gasteiger partial charge in [0, 0.05) is 37.7 Å². The molecule has 3 rings (SSSR count). The highest BCUT2D eigenvalue weighted by atomic mass is 16.5. The van der Waals surface area contributed by atoms with E-state index < -0.39 is 0 Å². The number of amides is 2. The van der Waals surface area contributed by atoms with Crippen molar-refractivity contribution in [2.24, 2.45) is 5.92 Å². The fourth-order valence-corrected chi connectivity index (χ4v) is 3.19. The smallest absolute Gasteiger partial charge is 0.254 e. The third kappa shape index (κ3) is 3.49. The quantitative estimate of drug-likeness (QED) is 0.859. The highest BCUT2D eigenvalue weighted by Crippen LogP contribution is 2.28. The van der Waals surface area contributed by atoms with Gasteiger partial charge in [-0.05, 0) is 37.5 Å². The van der Waals surface area contributed by atoms with E-state index in [0.717, 1.165) is 25.8 Å². The molecule has 2 amide bonds. The Kier molecular flexibility index (Phi) is 4.84. The number of carbonyl (C=O) groups excluding carboxylic acids is 2. The summed E-state index contributed by atoms with van der Waals surface area (Å²) in [5, 5.41) is 0. The Bertz CT molecular complexity index is 583. The molecular weight excluding hydrogens is 292 g/mol. The normalized spacial score (nSPS) is 19.0. The minimum Gasteiger partial charge on any atom is -0.497 e. The molecule has 0 bridgehead atoms. The largest absolute Gasteiger partial charge is 0.497 e. The maximum atomic E-state index is 12.7. The summed E-state index contributed by atoms with van der Waals surface area (Å²) in [5.74, 6) is 1.22. The molecule has 0 spiro atoms. The average Bonchev–Trinajstić information content (AvgIpc) is 2.78. The number of benzene rings is 1. The van der Waals surface area contributed by atoms with Gasteiger partial charge in [0.15, 0.2) is 0 Å². The first kappa shape index (κ1) is 15.8. The van der Waals surface area contributed by atoms with Crippen LogP contribution in [-0.4, -0.2) is 54.9 Å². The topological polar surface area (TPSA) is 49.9 Å². The Morgan fingerprint density at radius 1 is 1.04 bits per heavy atom. The highest BCUT2D eigenvalue weighted by Gasteiger charge is 2.31. The second-order valence-electron chi connectivity index (χ2n) is 6.33. The molecule has 2 aliphatic rings. The molecule has 0 aromatic heterocycles. The molecule has 124 valence electrons. The van der Waals surface area contributed by atoms with Gasteiger partial charge in [0.25, 0.3) is 5.91 Å². The van der Waals surface area contributed by atoms with E-state index in [2.05, 4.69) is 0 Å². The molecule has 1 aliphatic heterocycles. The van der Waals surface area contributed by atoms with Gasteiger partial charge in [-0.2, -0.15) is 0 Å². The SMILES string of the molecule is COc1cccc(C(=O)N2CCCN(C(=O)C3CCC3)CC2)c1. The third-order valence-electron chi connectivity index (χ3n) is 4.87. The van der Waals surface area contributed by atoms with Crippen LogP contribution in [0.15, 0.2) is 24.3 Å². The van der Waals surface area contributed by atoms with E-state index in [1.54, 1.807) is 13.2 Å². The van der Waals surface area contributed by atoms with Crippen molar-refractivity contribution in [1.82, 2.24) is 9.80 Å². The van der Waals surface area contributed by atoms with Gasteiger partial charge in [0.05, 0.1) is 7.11 Å². The number of carbonyl (C=O) groups is 2. The average molecular weight is 316 g/mol. The van der Waals surface area contributed by atoms with Crippen molar-refractivity contribution in [3.8, 4) is 5.75 Å². The molecule has 23 heavy (non-hydrogen) atoms. The molecule has 1 saturated carbocycles. The molecule has 5 nitrogen and oxygen atoms in total. The molecule has 5 heteroatoms. The van der Waals surface area contributed by atoms with Gasteiger partial charge in [-0.15, -0.1) is 0 Å². The van der Waals surface area contributed by atoms with Gasteiger partial charge in [-0.3, -0.25) is 9.59 Å². The second kappa shape index (κ2) is 7.02. The first-order valence-corrected chi connectivity index (χ1v) is 8.41. The number of nitrogens with zero attached hydrogens (tertiary/aromatic N) is 2. The lowest BCUT2D eigenvalue weighted by atomic mass is 9.84. The summed E-state index contributed by atoms with van der Waals surface area (Å²) >= 11 is 0. The molecule has 0 atom stereocenters. The second-order valence-corrected chi connectivity index (χ2v) is 6.33. The van der Waals surface area contributed by atoms with Gasteiger partial charge in [0.2, 0.25) is 5.91 Å². The fourth-order valence-electron chi connectivity index (χ4n) is 3.19. The summed E-state index contributed by atoms with van der Waals surface area (Å²) < 4.78 is 5.19. The van der Waals surface area contributed by atoms with E-state index in [0.29, 0.717) is 30.9 Å². The first-order valence-electron chi connectivity index (χ1n) is 8.41. The van der Waals surface area contributed by atoms with Crippen molar-refractivity contribution < 1.29 is 14.3 Å². The minimum atomic E-state index is 0.0156. The molecule has 1 aromatic carbocycles. The van der Waals surface area contributed by atoms with Crippen LogP contribution in [0.5, 0.6) is 5.75 Å². The molecule has 1 aromatic rings. The Labute approximate surface area is 137 Å². The van der Waals surface area contributed by atoms with Crippen LogP contribution in [0, 0.1) is 5.92 Å². The maximum Gasteiger partial charge on any atom is 0.254 e. The van der Waals surface area contributed by atoms with Gasteiger partial charge < -0.3 is 14.5 Å². The standard InChI is InChI=1S/C18H24N2O3/c1-23-16-8-3-7-15(13-16)18(22)20-10-4-9-19(11-12-20)17(21)14-5-2-6-14/h3,7-8,13-14H,2,4-6,9-12H2,1H3. The molecule has 0 unspecified atom stereocenters. The predicted octanol–water partition coefficient (Wildman–Crippen LogP) is 2.17. The molecule has 2 fully saturated rings. The fraction of sp³-hybridized carbons (Fsp3) is 0.556. The lowest BCUT2D eigenvalue weighted by molar-refractivity contribution is -0.138. The monoisotopic (exact) mass is 316 g/mol. The number of hydrogen-bond donors (Lipinski definition) is 0. The van der Waals surface area contributed by atoms with E-state index in [1.807, 2.05) is 28.0 Å². The maximum absolute atomic E-state index is 12.7. The van der Waals surface area contributed by atoms with Crippen molar-refractivity contribution in [1.29, 1.82) is 0 Å². The number of hydrogen-bond acceptors (Lipinski definition) is 3. The minimum absolute atomic E-state index is 0.0156. The van der Waals surface area contributed by atoms with Gasteiger partial charge in [0.1, 0.15) is 5.75 Å². The van der Waals surface area contributed by atoms with Crippen molar-refractivity contribution in [3.63, 3.8) is 0 Å². The van der Waals surface area contributed by atoms with Crippen LogP contribution in [0.4, 0.5) is 0 Å². The Morgan fingerprint density at radius 3 is 2.48 bits per heavy atom. The predicted molar refractivity (Wildman–Crippen MR) is 87.4 cm³/mol. The summed E-state index contributed by atoms with van der Waals surface area (Å²) in [6.07, 6.45) is 4.07. The lowest BCUT2D eigenvalue weighted by Gasteiger charge is -2.31. The van der Waals surface area contributed by atoms with Crippen LogP contribution in [0.1, 0.15) is 36.0 Å². The van der Waals surface area contributed by atoms with Crippen LogP contribution in [0.25, 0.3) is 0 Å². The Balaban J connectivity index is 1.62. The Hall–Kier alpha value is -2.04.